The van der Waals surface area contributed by atoms with Crippen LogP contribution in [0.2, 0.25) is 0 Å². The lowest BCUT2D eigenvalue weighted by Crippen LogP contribution is -2.10. The SMILES string of the molecule is CS(=O)(=O)c1ccc(CC2CCCCC2)c(C#N)c1. The van der Waals surface area contributed by atoms with Gasteiger partial charge in [-0.05, 0) is 30.0 Å². The molecule has 1 aromatic rings. The van der Waals surface area contributed by atoms with E-state index in [4.69, 9.17) is 0 Å². The normalized spacial score (nSPS) is 17.1. The highest BCUT2D eigenvalue weighted by atomic mass is 32.2. The van der Waals surface area contributed by atoms with Crippen molar-refractivity contribution in [2.75, 3.05) is 6.26 Å². The number of nitriles is 1. The second-order valence-corrected chi connectivity index (χ2v) is 7.43. The van der Waals surface area contributed by atoms with E-state index in [-0.39, 0.29) is 4.90 Å². The Kier molecular flexibility index (Phi) is 4.26. The van der Waals surface area contributed by atoms with E-state index in [0.717, 1.165) is 12.0 Å². The standard InChI is InChI=1S/C15H19NO2S/c1-19(17,18)15-8-7-13(14(10-15)11-16)9-12-5-3-2-4-6-12/h7-8,10,12H,2-6,9H2,1H3. The maximum Gasteiger partial charge on any atom is 0.175 e. The van der Waals surface area contributed by atoms with Gasteiger partial charge in [-0.1, -0.05) is 38.2 Å². The van der Waals surface area contributed by atoms with Crippen LogP contribution in [0, 0.1) is 17.2 Å². The molecular formula is C15H19NO2S. The molecule has 0 N–H and O–H groups in total. The van der Waals surface area contributed by atoms with Gasteiger partial charge in [0.15, 0.2) is 9.84 Å². The molecule has 4 heteroatoms. The summed E-state index contributed by atoms with van der Waals surface area (Å²) in [7, 11) is -3.24. The number of nitrogens with zero attached hydrogens (tertiary/aromatic N) is 1. The third kappa shape index (κ3) is 3.57. The predicted molar refractivity (Wildman–Crippen MR) is 74.5 cm³/mol. The average molecular weight is 277 g/mol. The molecule has 1 aromatic carbocycles. The largest absolute Gasteiger partial charge is 0.224 e. The van der Waals surface area contributed by atoms with E-state index >= 15 is 0 Å². The van der Waals surface area contributed by atoms with Crippen molar-refractivity contribution in [2.45, 2.75) is 43.4 Å². The number of sulfone groups is 1. The molecule has 1 saturated carbocycles. The molecule has 102 valence electrons. The van der Waals surface area contributed by atoms with Crippen molar-refractivity contribution in [2.24, 2.45) is 5.92 Å². The third-order valence-corrected chi connectivity index (χ3v) is 4.97. The Morgan fingerprint density at radius 1 is 1.26 bits per heavy atom. The van der Waals surface area contributed by atoms with Gasteiger partial charge in [0.1, 0.15) is 0 Å². The number of benzene rings is 1. The molecule has 0 aromatic heterocycles. The first-order valence-corrected chi connectivity index (χ1v) is 8.63. The lowest BCUT2D eigenvalue weighted by atomic mass is 9.84. The van der Waals surface area contributed by atoms with Gasteiger partial charge in [0, 0.05) is 6.26 Å². The highest BCUT2D eigenvalue weighted by Crippen LogP contribution is 2.28. The second-order valence-electron chi connectivity index (χ2n) is 5.41. The van der Waals surface area contributed by atoms with Crippen LogP contribution in [0.25, 0.3) is 0 Å². The van der Waals surface area contributed by atoms with Crippen molar-refractivity contribution in [1.29, 1.82) is 5.26 Å². The van der Waals surface area contributed by atoms with Crippen LogP contribution in [0.4, 0.5) is 0 Å². The van der Waals surface area contributed by atoms with Crippen molar-refractivity contribution in [3.05, 3.63) is 29.3 Å². The number of hydrogen-bond donors (Lipinski definition) is 0. The van der Waals surface area contributed by atoms with Crippen LogP contribution in [0.15, 0.2) is 23.1 Å². The molecular weight excluding hydrogens is 258 g/mol. The van der Waals surface area contributed by atoms with E-state index in [1.807, 2.05) is 6.07 Å². The van der Waals surface area contributed by atoms with Crippen LogP contribution in [0.1, 0.15) is 43.2 Å². The molecule has 2 rings (SSSR count). The molecule has 0 unspecified atom stereocenters. The summed E-state index contributed by atoms with van der Waals surface area (Å²) in [5.74, 6) is 0.643. The Morgan fingerprint density at radius 3 is 2.53 bits per heavy atom. The summed E-state index contributed by atoms with van der Waals surface area (Å²) in [6.45, 7) is 0. The first-order chi connectivity index (χ1) is 9.00. The summed E-state index contributed by atoms with van der Waals surface area (Å²) in [6, 6.07) is 7.07. The summed E-state index contributed by atoms with van der Waals surface area (Å²) in [5.41, 5.74) is 1.50. The van der Waals surface area contributed by atoms with Gasteiger partial charge in [-0.25, -0.2) is 8.42 Å². The molecule has 0 saturated heterocycles. The fraction of sp³-hybridized carbons (Fsp3) is 0.533. The molecule has 0 amide bonds. The Morgan fingerprint density at radius 2 is 1.95 bits per heavy atom. The van der Waals surface area contributed by atoms with Gasteiger partial charge in [-0.3, -0.25) is 0 Å². The van der Waals surface area contributed by atoms with Crippen LogP contribution in [-0.2, 0) is 16.3 Å². The zero-order valence-corrected chi connectivity index (χ0v) is 12.0. The van der Waals surface area contributed by atoms with Gasteiger partial charge < -0.3 is 0 Å². The van der Waals surface area contributed by atoms with Gasteiger partial charge in [0.05, 0.1) is 16.5 Å². The smallest absolute Gasteiger partial charge is 0.175 e. The molecule has 0 heterocycles. The minimum absolute atomic E-state index is 0.233. The molecule has 1 aliphatic carbocycles. The van der Waals surface area contributed by atoms with Crippen molar-refractivity contribution in [3.63, 3.8) is 0 Å². The minimum Gasteiger partial charge on any atom is -0.224 e. The monoisotopic (exact) mass is 277 g/mol. The van der Waals surface area contributed by atoms with Crippen LogP contribution >= 0.6 is 0 Å². The highest BCUT2D eigenvalue weighted by Gasteiger charge is 2.17. The van der Waals surface area contributed by atoms with Gasteiger partial charge >= 0.3 is 0 Å². The summed E-state index contributed by atoms with van der Waals surface area (Å²) in [4.78, 5) is 0.233. The van der Waals surface area contributed by atoms with Crippen molar-refractivity contribution in [1.82, 2.24) is 0 Å². The molecule has 0 bridgehead atoms. The summed E-state index contributed by atoms with van der Waals surface area (Å²) >= 11 is 0. The number of hydrogen-bond acceptors (Lipinski definition) is 3. The third-order valence-electron chi connectivity index (χ3n) is 3.86. The lowest BCUT2D eigenvalue weighted by molar-refractivity contribution is 0.356. The maximum absolute atomic E-state index is 11.5. The van der Waals surface area contributed by atoms with Crippen LogP contribution < -0.4 is 0 Å². The van der Waals surface area contributed by atoms with Gasteiger partial charge in [0.2, 0.25) is 0 Å². The minimum atomic E-state index is -3.24. The summed E-state index contributed by atoms with van der Waals surface area (Å²) < 4.78 is 23.0. The van der Waals surface area contributed by atoms with Crippen LogP contribution in [0.3, 0.4) is 0 Å². The molecule has 0 spiro atoms. The van der Waals surface area contributed by atoms with Crippen LogP contribution in [-0.4, -0.2) is 14.7 Å². The molecule has 1 aliphatic rings. The summed E-state index contributed by atoms with van der Waals surface area (Å²) in [5, 5.41) is 9.19. The summed E-state index contributed by atoms with van der Waals surface area (Å²) in [6.07, 6.45) is 8.37. The first kappa shape index (κ1) is 14.1. The van der Waals surface area contributed by atoms with Gasteiger partial charge in [0.25, 0.3) is 0 Å². The fourth-order valence-electron chi connectivity index (χ4n) is 2.77. The quantitative estimate of drug-likeness (QED) is 0.853. The average Bonchev–Trinajstić information content (AvgIpc) is 2.39. The Bertz CT molecular complexity index is 593. The van der Waals surface area contributed by atoms with E-state index in [2.05, 4.69) is 6.07 Å². The highest BCUT2D eigenvalue weighted by molar-refractivity contribution is 7.90. The van der Waals surface area contributed by atoms with Gasteiger partial charge in [-0.15, -0.1) is 0 Å². The van der Waals surface area contributed by atoms with E-state index in [9.17, 15) is 13.7 Å². The maximum atomic E-state index is 11.5. The topological polar surface area (TPSA) is 57.9 Å². The first-order valence-electron chi connectivity index (χ1n) is 6.74. The number of rotatable bonds is 3. The predicted octanol–water partition coefficient (Wildman–Crippen LogP) is 3.08. The molecule has 19 heavy (non-hydrogen) atoms. The molecule has 0 radical (unpaired) electrons. The Labute approximate surface area is 115 Å². The van der Waals surface area contributed by atoms with Crippen molar-refractivity contribution >= 4 is 9.84 Å². The molecule has 0 atom stereocenters. The van der Waals surface area contributed by atoms with Crippen molar-refractivity contribution in [3.8, 4) is 6.07 Å². The van der Waals surface area contributed by atoms with E-state index in [0.29, 0.717) is 11.5 Å². The Balaban J connectivity index is 2.24. The molecule has 1 fully saturated rings. The zero-order chi connectivity index (χ0) is 13.9. The van der Waals surface area contributed by atoms with E-state index in [1.165, 1.54) is 44.4 Å². The Hall–Kier alpha value is -1.34. The van der Waals surface area contributed by atoms with E-state index in [1.54, 1.807) is 6.07 Å². The molecule has 3 nitrogen and oxygen atoms in total. The lowest BCUT2D eigenvalue weighted by Gasteiger charge is -2.22. The molecule has 0 aliphatic heterocycles. The van der Waals surface area contributed by atoms with E-state index < -0.39 is 9.84 Å². The second kappa shape index (κ2) is 5.75. The van der Waals surface area contributed by atoms with Gasteiger partial charge in [-0.2, -0.15) is 5.26 Å². The fourth-order valence-corrected chi connectivity index (χ4v) is 3.42. The zero-order valence-electron chi connectivity index (χ0n) is 11.2. The van der Waals surface area contributed by atoms with Crippen molar-refractivity contribution < 1.29 is 8.42 Å². The van der Waals surface area contributed by atoms with Crippen LogP contribution in [0.5, 0.6) is 0 Å².